The summed E-state index contributed by atoms with van der Waals surface area (Å²) in [6.07, 6.45) is 8.20. The van der Waals surface area contributed by atoms with Gasteiger partial charge in [-0.3, -0.25) is 0 Å². The van der Waals surface area contributed by atoms with Gasteiger partial charge in [-0.15, -0.1) is 0 Å². The zero-order chi connectivity index (χ0) is 32.9. The molecule has 0 bridgehead atoms. The van der Waals surface area contributed by atoms with Crippen molar-refractivity contribution in [2.24, 2.45) is 46.3 Å². The average molecular weight is 649 g/mol. The first-order valence-corrected chi connectivity index (χ1v) is 18.9. The average Bonchev–Trinajstić information content (AvgIpc) is 3.67. The molecular weight excluding hydrogens is 584 g/mol. The van der Waals surface area contributed by atoms with E-state index in [4.69, 9.17) is 28.4 Å². The molecule has 3 saturated heterocycles. The Morgan fingerprint density at radius 3 is 2.17 bits per heavy atom. The van der Waals surface area contributed by atoms with E-state index in [1.54, 1.807) is 0 Å². The molecule has 4 saturated carbocycles. The van der Waals surface area contributed by atoms with E-state index in [0.717, 1.165) is 57.8 Å². The van der Waals surface area contributed by atoms with Gasteiger partial charge in [-0.1, -0.05) is 20.8 Å². The van der Waals surface area contributed by atoms with Crippen LogP contribution in [0.1, 0.15) is 120 Å². The largest absolute Gasteiger partial charge is 0.390 e. The third-order valence-corrected chi connectivity index (χ3v) is 14.7. The van der Waals surface area contributed by atoms with Gasteiger partial charge in [0.15, 0.2) is 11.6 Å². The molecule has 3 aliphatic heterocycles. The minimum Gasteiger partial charge on any atom is -0.390 e. The first kappa shape index (κ1) is 34.1. The van der Waals surface area contributed by atoms with Crippen LogP contribution in [-0.2, 0) is 28.4 Å². The van der Waals surface area contributed by atoms with Gasteiger partial charge in [-0.2, -0.15) is 0 Å². The molecule has 2 unspecified atom stereocenters. The predicted octanol–water partition coefficient (Wildman–Crippen LogP) is 6.24. The van der Waals surface area contributed by atoms with Gasteiger partial charge in [0.05, 0.1) is 43.2 Å². The Kier molecular flexibility index (Phi) is 8.82. The quantitative estimate of drug-likeness (QED) is 0.370. The minimum atomic E-state index is -1.01. The molecule has 14 atom stereocenters. The van der Waals surface area contributed by atoms with Gasteiger partial charge < -0.3 is 38.6 Å². The maximum absolute atomic E-state index is 11.9. The van der Waals surface area contributed by atoms with Crippen molar-refractivity contribution in [1.29, 1.82) is 0 Å². The summed E-state index contributed by atoms with van der Waals surface area (Å²) in [6.45, 7) is 19.3. The standard InChI is InChI=1S/C38H64O8/c1-22-11-9-10-16-41-33(34(3,4)44-22)32(40)31(39)23(2)25-12-13-26-24-20-38(42-17-18-43-38)30-19-28-29(46-35(5,6)45-28)21-37(30,8)27(24)14-15-36(25,26)7/h22-33,39-40H,9-21H2,1-8H3/t22?,23-,24-,25+,26-,27-,28-,29+,30-,31+,32-,33?,36+,37+/m0/s1. The molecule has 0 aromatic carbocycles. The van der Waals surface area contributed by atoms with Gasteiger partial charge in [-0.05, 0) is 133 Å². The molecular formula is C38H64O8. The summed E-state index contributed by atoms with van der Waals surface area (Å²) in [6, 6.07) is 0. The second-order valence-electron chi connectivity index (χ2n) is 18.2. The molecule has 7 rings (SSSR count). The molecule has 0 aromatic heterocycles. The highest BCUT2D eigenvalue weighted by atomic mass is 16.8. The third kappa shape index (κ3) is 5.46. The molecule has 8 heteroatoms. The zero-order valence-electron chi connectivity index (χ0n) is 30.0. The maximum Gasteiger partial charge on any atom is 0.172 e. The fourth-order valence-corrected chi connectivity index (χ4v) is 12.8. The molecule has 4 aliphatic carbocycles. The number of fused-ring (bicyclic) bond motifs is 7. The van der Waals surface area contributed by atoms with E-state index in [2.05, 4.69) is 41.5 Å². The lowest BCUT2D eigenvalue weighted by Crippen LogP contribution is -2.65. The number of aliphatic hydroxyl groups is 2. The zero-order valence-corrected chi connectivity index (χ0v) is 30.0. The van der Waals surface area contributed by atoms with E-state index in [-0.39, 0.29) is 35.1 Å². The molecule has 1 spiro atoms. The van der Waals surface area contributed by atoms with Gasteiger partial charge in [0.1, 0.15) is 12.2 Å². The van der Waals surface area contributed by atoms with Crippen LogP contribution in [0.2, 0.25) is 0 Å². The predicted molar refractivity (Wildman–Crippen MR) is 174 cm³/mol. The Morgan fingerprint density at radius 1 is 0.739 bits per heavy atom. The molecule has 0 radical (unpaired) electrons. The van der Waals surface area contributed by atoms with Crippen LogP contribution in [0.4, 0.5) is 0 Å². The highest BCUT2D eigenvalue weighted by Gasteiger charge is 2.70. The van der Waals surface area contributed by atoms with Crippen molar-refractivity contribution >= 4 is 0 Å². The van der Waals surface area contributed by atoms with Crippen LogP contribution < -0.4 is 0 Å². The van der Waals surface area contributed by atoms with Gasteiger partial charge in [-0.25, -0.2) is 0 Å². The third-order valence-electron chi connectivity index (χ3n) is 14.7. The SMILES string of the molecule is CC1CCCCOC([C@@H](O)[C@H](O)[C@@H](C)[C@H]2CC[C@H]3[C@@H]4CC5(OCCO5)[C@H]5C[C@@H]6OC(C)(C)O[C@@H]6C[C@]5(C)[C@H]4CC[C@]23C)C(C)(C)O1. The van der Waals surface area contributed by atoms with Crippen LogP contribution in [0.15, 0.2) is 0 Å². The summed E-state index contributed by atoms with van der Waals surface area (Å²) in [5.74, 6) is 1.06. The second kappa shape index (κ2) is 11.9. The highest BCUT2D eigenvalue weighted by Crippen LogP contribution is 2.71. The number of aliphatic hydroxyl groups excluding tert-OH is 2. The Morgan fingerprint density at radius 2 is 1.43 bits per heavy atom. The van der Waals surface area contributed by atoms with Crippen LogP contribution in [0.3, 0.4) is 0 Å². The van der Waals surface area contributed by atoms with Crippen molar-refractivity contribution in [2.75, 3.05) is 19.8 Å². The van der Waals surface area contributed by atoms with Gasteiger partial charge in [0.25, 0.3) is 0 Å². The molecule has 7 fully saturated rings. The number of rotatable bonds is 4. The summed E-state index contributed by atoms with van der Waals surface area (Å²) < 4.78 is 39.1. The number of hydrogen-bond donors (Lipinski definition) is 2. The van der Waals surface area contributed by atoms with Crippen molar-refractivity contribution < 1.29 is 38.6 Å². The topological polar surface area (TPSA) is 95.8 Å². The van der Waals surface area contributed by atoms with E-state index in [1.165, 1.54) is 6.42 Å². The summed E-state index contributed by atoms with van der Waals surface area (Å²) in [5.41, 5.74) is -0.567. The van der Waals surface area contributed by atoms with Crippen LogP contribution in [0.5, 0.6) is 0 Å². The van der Waals surface area contributed by atoms with Crippen molar-refractivity contribution in [3.8, 4) is 0 Å². The molecule has 264 valence electrons. The van der Waals surface area contributed by atoms with Crippen LogP contribution in [-0.4, -0.2) is 83.8 Å². The molecule has 8 nitrogen and oxygen atoms in total. The molecule has 46 heavy (non-hydrogen) atoms. The van der Waals surface area contributed by atoms with Crippen molar-refractivity contribution in [2.45, 2.75) is 173 Å². The summed E-state index contributed by atoms with van der Waals surface area (Å²) in [7, 11) is 0. The van der Waals surface area contributed by atoms with Crippen molar-refractivity contribution in [3.63, 3.8) is 0 Å². The lowest BCUT2D eigenvalue weighted by molar-refractivity contribution is -0.301. The smallest absolute Gasteiger partial charge is 0.172 e. The maximum atomic E-state index is 11.9. The van der Waals surface area contributed by atoms with E-state index < -0.39 is 35.5 Å². The van der Waals surface area contributed by atoms with E-state index in [9.17, 15) is 10.2 Å². The Labute approximate surface area is 277 Å². The second-order valence-corrected chi connectivity index (χ2v) is 18.2. The van der Waals surface area contributed by atoms with E-state index in [0.29, 0.717) is 49.4 Å². The molecule has 0 aromatic rings. The van der Waals surface area contributed by atoms with Crippen LogP contribution in [0.25, 0.3) is 0 Å². The molecule has 0 amide bonds. The number of hydrogen-bond acceptors (Lipinski definition) is 8. The lowest BCUT2D eigenvalue weighted by atomic mass is 9.42. The van der Waals surface area contributed by atoms with Crippen LogP contribution >= 0.6 is 0 Å². The van der Waals surface area contributed by atoms with Gasteiger partial charge in [0, 0.05) is 18.9 Å². The van der Waals surface area contributed by atoms with Crippen molar-refractivity contribution in [1.82, 2.24) is 0 Å². The number of ether oxygens (including phenoxy) is 6. The first-order valence-electron chi connectivity index (χ1n) is 18.9. The fraction of sp³-hybridized carbons (Fsp3) is 1.00. The first-order chi connectivity index (χ1) is 21.6. The highest BCUT2D eigenvalue weighted by molar-refractivity contribution is 5.16. The van der Waals surface area contributed by atoms with Gasteiger partial charge >= 0.3 is 0 Å². The van der Waals surface area contributed by atoms with Crippen LogP contribution in [0, 0.1) is 46.3 Å². The summed E-state index contributed by atoms with van der Waals surface area (Å²) >= 11 is 0. The van der Waals surface area contributed by atoms with Gasteiger partial charge in [0.2, 0.25) is 0 Å². The Hall–Kier alpha value is -0.320. The molecule has 2 N–H and O–H groups in total. The Bertz CT molecular complexity index is 1100. The Balaban J connectivity index is 1.12. The molecule has 7 aliphatic rings. The normalized spacial score (nSPS) is 49.8. The summed E-state index contributed by atoms with van der Waals surface area (Å²) in [5, 5.41) is 23.7. The lowest BCUT2D eigenvalue weighted by Gasteiger charge is -2.65. The fourth-order valence-electron chi connectivity index (χ4n) is 12.8. The van der Waals surface area contributed by atoms with E-state index >= 15 is 0 Å². The van der Waals surface area contributed by atoms with E-state index in [1.807, 2.05) is 13.8 Å². The monoisotopic (exact) mass is 648 g/mol. The van der Waals surface area contributed by atoms with Crippen molar-refractivity contribution in [3.05, 3.63) is 0 Å². The molecule has 3 heterocycles. The minimum absolute atomic E-state index is 0.0515. The summed E-state index contributed by atoms with van der Waals surface area (Å²) in [4.78, 5) is 0.